The zero-order chi connectivity index (χ0) is 61.7. The van der Waals surface area contributed by atoms with Crippen molar-refractivity contribution in [2.24, 2.45) is 20.5 Å². The Balaban J connectivity index is 0.000000307. The van der Waals surface area contributed by atoms with Crippen LogP contribution in [0.25, 0.3) is 21.5 Å². The molecule has 0 fully saturated rings. The summed E-state index contributed by atoms with van der Waals surface area (Å²) in [5.74, 6) is -2.95. The molecule has 6 aromatic carbocycles. The van der Waals surface area contributed by atoms with Gasteiger partial charge in [0.05, 0.1) is 55.7 Å². The fourth-order valence-corrected chi connectivity index (χ4v) is 11.8. The van der Waals surface area contributed by atoms with Crippen LogP contribution in [0.2, 0.25) is 21.1 Å². The number of phenols is 2. The molecule has 0 saturated heterocycles. The normalized spacial score (nSPS) is 12.4. The molecule has 0 radical (unpaired) electrons. The van der Waals surface area contributed by atoms with Crippen LogP contribution in [-0.4, -0.2) is 134 Å². The quantitative estimate of drug-likeness (QED) is 0.0357. The van der Waals surface area contributed by atoms with E-state index < -0.39 is 118 Å². The van der Waals surface area contributed by atoms with Gasteiger partial charge in [-0.1, -0.05) is 0 Å². The van der Waals surface area contributed by atoms with Gasteiger partial charge >= 0.3 is 79.9 Å². The molecular weight excluding hydrogens is 1370 g/mol. The van der Waals surface area contributed by atoms with Gasteiger partial charge in [0.15, 0.2) is 31.2 Å². The fourth-order valence-electron chi connectivity index (χ4n) is 6.84. The number of benzene rings is 6. The van der Waals surface area contributed by atoms with Gasteiger partial charge in [-0.2, -0.15) is 57.0 Å². The monoisotopic (exact) mass is 1400 g/mol. The van der Waals surface area contributed by atoms with Crippen LogP contribution in [0.3, 0.4) is 0 Å². The number of phenolic OH excluding ortho intramolecular Hbond substituents is 2. The Morgan fingerprint density at radius 3 is 1.06 bits per heavy atom. The smallest absolute Gasteiger partial charge is 0.744 e. The summed E-state index contributed by atoms with van der Waals surface area (Å²) in [5.41, 5.74) is -0.689. The number of aromatic nitrogens is 6. The van der Waals surface area contributed by atoms with E-state index in [0.29, 0.717) is 11.4 Å². The molecule has 2 heterocycles. The molecule has 2 aromatic heterocycles. The molecule has 0 spiro atoms. The van der Waals surface area contributed by atoms with Crippen molar-refractivity contribution >= 4 is 175 Å². The zero-order valence-corrected chi connectivity index (χ0v) is 54.7. The van der Waals surface area contributed by atoms with E-state index in [2.05, 4.69) is 69.4 Å². The van der Waals surface area contributed by atoms with E-state index in [4.69, 9.17) is 55.5 Å². The number of rotatable bonds is 20. The van der Waals surface area contributed by atoms with E-state index in [1.165, 1.54) is 60.7 Å². The summed E-state index contributed by atoms with van der Waals surface area (Å²) in [6.45, 7) is -1.65. The molecule has 0 amide bonds. The summed E-state index contributed by atoms with van der Waals surface area (Å²) >= 11 is 23.0. The van der Waals surface area contributed by atoms with E-state index >= 15 is 0 Å². The number of hydrogen-bond acceptors (Lipinski definition) is 30. The molecular formula is C42H30Cl4N12Na2O20S6. The minimum Gasteiger partial charge on any atom is -0.744 e. The first-order chi connectivity index (χ1) is 39.0. The van der Waals surface area contributed by atoms with Crippen molar-refractivity contribution < 1.29 is 146 Å². The molecule has 0 aliphatic heterocycles. The average Bonchev–Trinajstić information content (AvgIpc) is 1.47. The number of nitrogens with one attached hydrogen (secondary N) is 2. The molecule has 0 atom stereocenters. The molecule has 32 nitrogen and oxygen atoms in total. The Morgan fingerprint density at radius 1 is 0.453 bits per heavy atom. The second-order valence-electron chi connectivity index (χ2n) is 16.1. The Labute approximate surface area is 550 Å². The van der Waals surface area contributed by atoms with E-state index in [0.717, 1.165) is 36.4 Å². The van der Waals surface area contributed by atoms with E-state index in [1.807, 2.05) is 0 Å². The van der Waals surface area contributed by atoms with Gasteiger partial charge < -0.3 is 30.0 Å². The van der Waals surface area contributed by atoms with Crippen molar-refractivity contribution in [2.45, 2.75) is 19.6 Å². The third kappa shape index (κ3) is 19.9. The van der Waals surface area contributed by atoms with Crippen LogP contribution in [-0.2, 0) is 69.1 Å². The molecule has 0 bridgehead atoms. The van der Waals surface area contributed by atoms with Crippen molar-refractivity contribution in [1.82, 2.24) is 29.9 Å². The summed E-state index contributed by atoms with van der Waals surface area (Å²) < 4.78 is 189. The van der Waals surface area contributed by atoms with Crippen LogP contribution in [0, 0.1) is 0 Å². The van der Waals surface area contributed by atoms with Crippen molar-refractivity contribution in [1.29, 1.82) is 0 Å². The minimum absolute atomic E-state index is 0. The SMILES string of the molecule is O=S(=O)(O)OCCS(=O)(=O)c1ccc(N=Nc2c(S(=O)(=O)[O-])cc3cc(Nc4nc(Cl)nc(Cl)n4)ccc3c2O)cc1.O=S(=O)(O)OCCS(=O)(=O)c1ccc(N=Nc2c(S(=O)(=O)[O-])cc3cc(Nc4nc(Cl)nc(Cl)n4)ccc3c2O)cc1.[Na+].[Na+]. The van der Waals surface area contributed by atoms with Crippen LogP contribution < -0.4 is 69.7 Å². The zero-order valence-electron chi connectivity index (χ0n) is 42.8. The molecule has 8 aromatic rings. The largest absolute Gasteiger partial charge is 1.00 e. The molecule has 0 unspecified atom stereocenters. The first-order valence-corrected chi connectivity index (χ1v) is 32.3. The van der Waals surface area contributed by atoms with Crippen LogP contribution in [0.5, 0.6) is 11.5 Å². The number of azo groups is 2. The summed E-state index contributed by atoms with van der Waals surface area (Å²) in [4.78, 5) is 20.3. The standard InChI is InChI=1S/2C21H16Cl2N6O10S3.2Na/c2*22-19-25-20(23)27-21(26-19)24-13-3-6-15-11(9-13)10-16(41(33,34)35)17(18(15)30)29-28-12-1-4-14(5-2-12)40(31,32)8-7-39-42(36,37)38;;/h2*1-6,9-10,30H,7-8H2,(H,33,34,35)(H,36,37,38)(H,24,25,26,27);;/q;;2*+1/p-2. The number of sulfone groups is 2. The number of anilines is 4. The van der Waals surface area contributed by atoms with Crippen LogP contribution >= 0.6 is 46.4 Å². The third-order valence-electron chi connectivity index (χ3n) is 10.4. The van der Waals surface area contributed by atoms with Crippen molar-refractivity contribution in [3.63, 3.8) is 0 Å². The summed E-state index contributed by atoms with van der Waals surface area (Å²) in [7, 11) is -28.0. The maximum absolute atomic E-state index is 12.3. The first kappa shape index (κ1) is 71.6. The van der Waals surface area contributed by atoms with Crippen LogP contribution in [0.15, 0.2) is 137 Å². The number of hydrogen-bond donors (Lipinski definition) is 6. The van der Waals surface area contributed by atoms with Gasteiger partial charge in [-0.25, -0.2) is 42.0 Å². The Morgan fingerprint density at radius 2 is 0.767 bits per heavy atom. The molecule has 86 heavy (non-hydrogen) atoms. The maximum Gasteiger partial charge on any atom is 1.00 e. The number of fused-ring (bicyclic) bond motifs is 2. The van der Waals surface area contributed by atoms with Crippen LogP contribution in [0.4, 0.5) is 46.0 Å². The van der Waals surface area contributed by atoms with Gasteiger partial charge in [-0.05, 0) is 154 Å². The van der Waals surface area contributed by atoms with Gasteiger partial charge in [-0.3, -0.25) is 9.11 Å². The Bertz CT molecular complexity index is 4360. The van der Waals surface area contributed by atoms with Gasteiger partial charge in [0.1, 0.15) is 31.6 Å². The molecule has 6 N–H and O–H groups in total. The molecule has 0 aliphatic carbocycles. The summed E-state index contributed by atoms with van der Waals surface area (Å²) in [6, 6.07) is 19.6. The Hall–Kier alpha value is -5.12. The minimum atomic E-state index is -5.18. The summed E-state index contributed by atoms with van der Waals surface area (Å²) in [5, 5.41) is 41.9. The molecule has 444 valence electrons. The van der Waals surface area contributed by atoms with E-state index in [1.54, 1.807) is 0 Å². The van der Waals surface area contributed by atoms with E-state index in [9.17, 15) is 69.8 Å². The van der Waals surface area contributed by atoms with Gasteiger partial charge in [0.25, 0.3) is 0 Å². The number of aromatic hydroxyl groups is 2. The predicted molar refractivity (Wildman–Crippen MR) is 294 cm³/mol. The third-order valence-corrected chi connectivity index (χ3v) is 17.1. The second-order valence-corrected chi connectivity index (χ2v) is 26.5. The van der Waals surface area contributed by atoms with Gasteiger partial charge in [-0.15, -0.1) is 10.2 Å². The number of nitrogens with zero attached hydrogens (tertiary/aromatic N) is 10. The Kier molecular flexibility index (Phi) is 24.2. The summed E-state index contributed by atoms with van der Waals surface area (Å²) in [6.07, 6.45) is 0. The molecule has 44 heteroatoms. The van der Waals surface area contributed by atoms with Gasteiger partial charge in [0, 0.05) is 22.1 Å². The predicted octanol–water partition coefficient (Wildman–Crippen LogP) is 1.39. The van der Waals surface area contributed by atoms with Crippen molar-refractivity contribution in [2.75, 3.05) is 35.4 Å². The fraction of sp³-hybridized carbons (Fsp3) is 0.0952. The molecule has 8 rings (SSSR count). The maximum atomic E-state index is 12.3. The van der Waals surface area contributed by atoms with Crippen LogP contribution in [0.1, 0.15) is 0 Å². The molecule has 0 aliphatic rings. The second kappa shape index (κ2) is 29.0. The molecule has 0 saturated carbocycles. The first-order valence-electron chi connectivity index (χ1n) is 22.0. The van der Waals surface area contributed by atoms with Crippen molar-refractivity contribution in [3.8, 4) is 11.5 Å². The average molecular weight is 1400 g/mol. The number of halogens is 4. The topological polar surface area (TPSA) is 501 Å². The van der Waals surface area contributed by atoms with Crippen molar-refractivity contribution in [3.05, 3.63) is 118 Å². The van der Waals surface area contributed by atoms with E-state index in [-0.39, 0.29) is 135 Å². The van der Waals surface area contributed by atoms with Gasteiger partial charge in [0.2, 0.25) is 33.0 Å².